The summed E-state index contributed by atoms with van der Waals surface area (Å²) in [6.07, 6.45) is 1.61. The van der Waals surface area contributed by atoms with E-state index in [1.165, 1.54) is 7.05 Å². The molecule has 0 aliphatic rings. The summed E-state index contributed by atoms with van der Waals surface area (Å²) in [6, 6.07) is 0. The van der Waals surface area contributed by atoms with Crippen LogP contribution in [0.4, 0.5) is 0 Å². The second-order valence-electron chi connectivity index (χ2n) is 1.83. The van der Waals surface area contributed by atoms with Crippen molar-refractivity contribution < 1.29 is 4.79 Å². The highest BCUT2D eigenvalue weighted by Gasteiger charge is 1.80. The highest BCUT2D eigenvalue weighted by molar-refractivity contribution is 5.87. The lowest BCUT2D eigenvalue weighted by Gasteiger charge is -1.80. The van der Waals surface area contributed by atoms with Crippen molar-refractivity contribution in [2.45, 2.75) is 34.6 Å². The highest BCUT2D eigenvalue weighted by atomic mass is 16.1. The molecule has 0 spiro atoms. The monoisotopic (exact) mass is 159 g/mol. The average molecular weight is 159 g/mol. The molecule has 2 N–H and O–H groups in total. The molecule has 0 saturated heterocycles. The van der Waals surface area contributed by atoms with Crippen LogP contribution in [0, 0.1) is 0 Å². The van der Waals surface area contributed by atoms with Gasteiger partial charge in [-0.3, -0.25) is 4.79 Å². The van der Waals surface area contributed by atoms with Crippen LogP contribution in [0.1, 0.15) is 34.6 Å². The number of carbonyl (C=O) groups excluding carboxylic acids is 1. The molecule has 0 bridgehead atoms. The summed E-state index contributed by atoms with van der Waals surface area (Å²) in [7, 11) is 1.50. The second kappa shape index (κ2) is 16.2. The van der Waals surface area contributed by atoms with Gasteiger partial charge in [0.25, 0.3) is 0 Å². The van der Waals surface area contributed by atoms with Gasteiger partial charge >= 0.3 is 0 Å². The van der Waals surface area contributed by atoms with Gasteiger partial charge in [0.2, 0.25) is 0 Å². The van der Waals surface area contributed by atoms with Crippen molar-refractivity contribution in [2.75, 3.05) is 7.05 Å². The summed E-state index contributed by atoms with van der Waals surface area (Å²) in [6.45, 7) is 9.36. The number of hydrogen-bond acceptors (Lipinski definition) is 2. The normalized spacial score (nSPS) is 6.09. The Hall–Kier alpha value is -0.630. The molecule has 0 aromatic carbocycles. The first-order valence-corrected chi connectivity index (χ1v) is 3.86. The third kappa shape index (κ3) is 44.8. The molecule has 0 fully saturated rings. The van der Waals surface area contributed by atoms with Crippen molar-refractivity contribution in [3.8, 4) is 0 Å². The van der Waals surface area contributed by atoms with E-state index in [9.17, 15) is 4.79 Å². The Morgan fingerprint density at radius 2 is 1.36 bits per heavy atom. The van der Waals surface area contributed by atoms with Crippen molar-refractivity contribution in [3.05, 3.63) is 11.6 Å². The van der Waals surface area contributed by atoms with Crippen LogP contribution in [0.15, 0.2) is 11.6 Å². The molecule has 0 aliphatic carbocycles. The van der Waals surface area contributed by atoms with Gasteiger partial charge in [-0.1, -0.05) is 19.4 Å². The van der Waals surface area contributed by atoms with Crippen molar-refractivity contribution in [2.24, 2.45) is 5.73 Å². The van der Waals surface area contributed by atoms with E-state index in [0.717, 1.165) is 5.57 Å². The van der Waals surface area contributed by atoms with Gasteiger partial charge in [-0.2, -0.15) is 0 Å². The zero-order valence-corrected chi connectivity index (χ0v) is 8.56. The standard InChI is InChI=1S/C6H10O.C2H6.CH5N/c1-5(2)4-6(3)7;2*1-2/h4H,1-3H3;1-2H3;2H2,1H3. The van der Waals surface area contributed by atoms with Gasteiger partial charge < -0.3 is 5.73 Å². The SMILES string of the molecule is CC.CC(=O)C=C(C)C.CN. The van der Waals surface area contributed by atoms with E-state index in [1.54, 1.807) is 13.0 Å². The molecule has 2 nitrogen and oxygen atoms in total. The van der Waals surface area contributed by atoms with Gasteiger partial charge in [-0.25, -0.2) is 0 Å². The minimum Gasteiger partial charge on any atom is -0.333 e. The average Bonchev–Trinajstić information content (AvgIpc) is 1.93. The Morgan fingerprint density at radius 3 is 1.36 bits per heavy atom. The van der Waals surface area contributed by atoms with E-state index >= 15 is 0 Å². The van der Waals surface area contributed by atoms with Crippen molar-refractivity contribution in [1.29, 1.82) is 0 Å². The first-order chi connectivity index (χ1) is 5.13. The number of nitrogens with two attached hydrogens (primary N) is 1. The summed E-state index contributed by atoms with van der Waals surface area (Å²) in [5.74, 6) is 0.125. The van der Waals surface area contributed by atoms with Gasteiger partial charge in [0.1, 0.15) is 0 Å². The molecule has 0 aromatic rings. The van der Waals surface area contributed by atoms with E-state index in [1.807, 2.05) is 27.7 Å². The highest BCUT2D eigenvalue weighted by Crippen LogP contribution is 1.86. The molecule has 0 aliphatic heterocycles. The van der Waals surface area contributed by atoms with Gasteiger partial charge in [-0.05, 0) is 33.9 Å². The van der Waals surface area contributed by atoms with Crippen molar-refractivity contribution in [3.63, 3.8) is 0 Å². The molecule has 0 unspecified atom stereocenters. The van der Waals surface area contributed by atoms with Gasteiger partial charge in [-0.15, -0.1) is 0 Å². The predicted octanol–water partition coefficient (Wildman–Crippen LogP) is 2.14. The first-order valence-electron chi connectivity index (χ1n) is 3.86. The molecule has 0 atom stereocenters. The van der Waals surface area contributed by atoms with E-state index in [4.69, 9.17) is 0 Å². The van der Waals surface area contributed by atoms with Crippen molar-refractivity contribution in [1.82, 2.24) is 0 Å². The largest absolute Gasteiger partial charge is 0.333 e. The van der Waals surface area contributed by atoms with Crippen LogP contribution in [0.2, 0.25) is 0 Å². The lowest BCUT2D eigenvalue weighted by Crippen LogP contribution is -1.80. The quantitative estimate of drug-likeness (QED) is 0.596. The second-order valence-corrected chi connectivity index (χ2v) is 1.83. The van der Waals surface area contributed by atoms with Crippen molar-refractivity contribution >= 4 is 5.78 Å². The zero-order chi connectivity index (χ0) is 9.86. The summed E-state index contributed by atoms with van der Waals surface area (Å²) >= 11 is 0. The van der Waals surface area contributed by atoms with E-state index in [0.29, 0.717) is 0 Å². The fraction of sp³-hybridized carbons (Fsp3) is 0.667. The van der Waals surface area contributed by atoms with Gasteiger partial charge in [0.15, 0.2) is 5.78 Å². The smallest absolute Gasteiger partial charge is 0.152 e. The maximum atomic E-state index is 10.2. The maximum absolute atomic E-state index is 10.2. The van der Waals surface area contributed by atoms with E-state index < -0.39 is 0 Å². The number of carbonyl (C=O) groups is 1. The predicted molar refractivity (Wildman–Crippen MR) is 51.6 cm³/mol. The molecule has 0 aromatic heterocycles. The fourth-order valence-corrected chi connectivity index (χ4v) is 0.407. The molecule has 0 rings (SSSR count). The van der Waals surface area contributed by atoms with Gasteiger partial charge in [0.05, 0.1) is 0 Å². The molecular formula is C9H21NO. The third-order valence-electron chi connectivity index (χ3n) is 0.492. The third-order valence-corrected chi connectivity index (χ3v) is 0.492. The summed E-state index contributed by atoms with van der Waals surface area (Å²) in [5, 5.41) is 0. The van der Waals surface area contributed by atoms with Crippen LogP contribution < -0.4 is 5.73 Å². The van der Waals surface area contributed by atoms with Crippen LogP contribution in [0.25, 0.3) is 0 Å². The number of rotatable bonds is 1. The Bertz CT molecular complexity index is 102. The van der Waals surface area contributed by atoms with Crippen LogP contribution in [-0.2, 0) is 4.79 Å². The fourth-order valence-electron chi connectivity index (χ4n) is 0.407. The zero-order valence-electron chi connectivity index (χ0n) is 8.56. The molecule has 0 heterocycles. The molecule has 11 heavy (non-hydrogen) atoms. The summed E-state index contributed by atoms with van der Waals surface area (Å²) in [4.78, 5) is 10.2. The molecule has 0 amide bonds. The van der Waals surface area contributed by atoms with E-state index in [2.05, 4.69) is 5.73 Å². The minimum absolute atomic E-state index is 0.125. The molecule has 68 valence electrons. The lowest BCUT2D eigenvalue weighted by atomic mass is 10.3. The van der Waals surface area contributed by atoms with Crippen LogP contribution in [-0.4, -0.2) is 12.8 Å². The Balaban J connectivity index is -0.000000138. The summed E-state index contributed by atoms with van der Waals surface area (Å²) in [5.41, 5.74) is 5.56. The number of ketones is 1. The number of hydrogen-bond donors (Lipinski definition) is 1. The topological polar surface area (TPSA) is 43.1 Å². The molecule has 0 radical (unpaired) electrons. The first kappa shape index (κ1) is 16.8. The van der Waals surface area contributed by atoms with Crippen LogP contribution in [0.3, 0.4) is 0 Å². The number of allylic oxidation sites excluding steroid dienone is 2. The van der Waals surface area contributed by atoms with Gasteiger partial charge in [0, 0.05) is 0 Å². The Labute approximate surface area is 70.5 Å². The maximum Gasteiger partial charge on any atom is 0.152 e. The lowest BCUT2D eigenvalue weighted by molar-refractivity contribution is -0.112. The Kier molecular flexibility index (Phi) is 24.7. The van der Waals surface area contributed by atoms with E-state index in [-0.39, 0.29) is 5.78 Å². The molecular weight excluding hydrogens is 138 g/mol. The Morgan fingerprint density at radius 1 is 1.09 bits per heavy atom. The molecule has 0 saturated carbocycles. The molecule has 2 heteroatoms. The van der Waals surface area contributed by atoms with Crippen LogP contribution in [0.5, 0.6) is 0 Å². The van der Waals surface area contributed by atoms with Crippen LogP contribution >= 0.6 is 0 Å². The minimum atomic E-state index is 0.125. The summed E-state index contributed by atoms with van der Waals surface area (Å²) < 4.78 is 0.